The first-order valence-electron chi connectivity index (χ1n) is 7.36. The number of para-hydroxylation sites is 1. The quantitative estimate of drug-likeness (QED) is 0.627. The van der Waals surface area contributed by atoms with Crippen LogP contribution in [0.25, 0.3) is 0 Å². The zero-order valence-electron chi connectivity index (χ0n) is 12.7. The Morgan fingerprint density at radius 1 is 1.17 bits per heavy atom. The molecule has 1 fully saturated rings. The molecule has 5 nitrogen and oxygen atoms in total. The lowest BCUT2D eigenvalue weighted by Gasteiger charge is -2.14. The van der Waals surface area contributed by atoms with E-state index in [4.69, 9.17) is 4.74 Å². The summed E-state index contributed by atoms with van der Waals surface area (Å²) in [5.41, 5.74) is 0. The molecule has 0 N–H and O–H groups in total. The Bertz CT molecular complexity index is 806. The maximum absolute atomic E-state index is 12.6. The van der Waals surface area contributed by atoms with E-state index in [1.807, 2.05) is 6.07 Å². The molecule has 1 aromatic carbocycles. The number of esters is 1. The van der Waals surface area contributed by atoms with E-state index >= 15 is 0 Å². The molecule has 7 heteroatoms. The maximum Gasteiger partial charge on any atom is 0.353 e. The number of rotatable bonds is 4. The van der Waals surface area contributed by atoms with Gasteiger partial charge in [0.25, 0.3) is 0 Å². The summed E-state index contributed by atoms with van der Waals surface area (Å²) < 4.78 is 32.0. The first-order valence-corrected chi connectivity index (χ1v) is 9.62. The van der Waals surface area contributed by atoms with Crippen molar-refractivity contribution < 1.29 is 17.9 Å². The number of carbonyl (C=O) groups excluding carboxylic acids is 1. The van der Waals surface area contributed by atoms with Crippen molar-refractivity contribution in [1.82, 2.24) is 4.31 Å². The van der Waals surface area contributed by atoms with E-state index in [0.717, 1.165) is 24.2 Å². The number of thiophene rings is 1. The lowest BCUT2D eigenvalue weighted by molar-refractivity contribution is 0.0739. The highest BCUT2D eigenvalue weighted by molar-refractivity contribution is 7.89. The Kier molecular flexibility index (Phi) is 4.52. The summed E-state index contributed by atoms with van der Waals surface area (Å²) in [6, 6.07) is 10.2. The number of nitrogens with zero attached hydrogens (tertiary/aromatic N) is 1. The molecule has 0 bridgehead atoms. The van der Waals surface area contributed by atoms with Crippen LogP contribution in [0.5, 0.6) is 5.75 Å². The van der Waals surface area contributed by atoms with Gasteiger partial charge in [-0.25, -0.2) is 13.2 Å². The largest absolute Gasteiger partial charge is 0.422 e. The van der Waals surface area contributed by atoms with Crippen LogP contribution in [-0.4, -0.2) is 31.8 Å². The molecule has 23 heavy (non-hydrogen) atoms. The fourth-order valence-electron chi connectivity index (χ4n) is 2.54. The second kappa shape index (κ2) is 6.43. The second-order valence-corrected chi connectivity index (χ2v) is 8.51. The van der Waals surface area contributed by atoms with Crippen molar-refractivity contribution in [2.45, 2.75) is 24.7 Å². The number of ether oxygens (including phenoxy) is 1. The number of carbonyl (C=O) groups is 1. The van der Waals surface area contributed by atoms with E-state index in [1.54, 1.807) is 31.2 Å². The van der Waals surface area contributed by atoms with Crippen LogP contribution in [0.3, 0.4) is 0 Å². The van der Waals surface area contributed by atoms with Gasteiger partial charge in [0.2, 0.25) is 10.0 Å². The number of sulfonamides is 1. The normalized spacial score (nSPS) is 15.7. The lowest BCUT2D eigenvalue weighted by atomic mass is 10.3. The highest BCUT2D eigenvalue weighted by Crippen LogP contribution is 2.30. The lowest BCUT2D eigenvalue weighted by Crippen LogP contribution is -2.28. The SMILES string of the molecule is Cc1sc(C(=O)Oc2ccccc2)cc1S(=O)(=O)N1CCCC1. The van der Waals surface area contributed by atoms with E-state index in [-0.39, 0.29) is 4.90 Å². The molecule has 0 atom stereocenters. The summed E-state index contributed by atoms with van der Waals surface area (Å²) in [5, 5.41) is 0. The summed E-state index contributed by atoms with van der Waals surface area (Å²) in [4.78, 5) is 13.3. The van der Waals surface area contributed by atoms with E-state index in [1.165, 1.54) is 10.4 Å². The monoisotopic (exact) mass is 351 g/mol. The summed E-state index contributed by atoms with van der Waals surface area (Å²) in [6.45, 7) is 2.80. The van der Waals surface area contributed by atoms with Crippen LogP contribution in [-0.2, 0) is 10.0 Å². The van der Waals surface area contributed by atoms with Crippen molar-refractivity contribution in [2.75, 3.05) is 13.1 Å². The van der Waals surface area contributed by atoms with Gasteiger partial charge in [-0.15, -0.1) is 11.3 Å². The van der Waals surface area contributed by atoms with Gasteiger partial charge in [0.15, 0.2) is 0 Å². The van der Waals surface area contributed by atoms with Gasteiger partial charge in [0, 0.05) is 18.0 Å². The number of hydrogen-bond donors (Lipinski definition) is 0. The number of benzene rings is 1. The van der Waals surface area contributed by atoms with Crippen LogP contribution in [0.2, 0.25) is 0 Å². The molecule has 0 unspecified atom stereocenters. The van der Waals surface area contributed by atoms with E-state index in [2.05, 4.69) is 0 Å². The zero-order valence-corrected chi connectivity index (χ0v) is 14.3. The summed E-state index contributed by atoms with van der Waals surface area (Å²) in [6.07, 6.45) is 1.76. The Morgan fingerprint density at radius 3 is 2.48 bits per heavy atom. The fourth-order valence-corrected chi connectivity index (χ4v) is 5.49. The van der Waals surface area contributed by atoms with Crippen molar-refractivity contribution in [3.63, 3.8) is 0 Å². The van der Waals surface area contributed by atoms with Crippen LogP contribution in [0.1, 0.15) is 27.4 Å². The van der Waals surface area contributed by atoms with E-state index in [0.29, 0.717) is 28.6 Å². The maximum atomic E-state index is 12.6. The van der Waals surface area contributed by atoms with Gasteiger partial charge in [-0.1, -0.05) is 18.2 Å². The number of aryl methyl sites for hydroxylation is 1. The molecule has 2 heterocycles. The third-order valence-electron chi connectivity index (χ3n) is 3.71. The van der Waals surface area contributed by atoms with Gasteiger partial charge in [-0.3, -0.25) is 0 Å². The molecular formula is C16H17NO4S2. The standard InChI is InChI=1S/C16H17NO4S2/c1-12-15(23(19,20)17-9-5-6-10-17)11-14(22-12)16(18)21-13-7-3-2-4-8-13/h2-4,7-8,11H,5-6,9-10H2,1H3. The molecule has 0 radical (unpaired) electrons. The number of hydrogen-bond acceptors (Lipinski definition) is 5. The average Bonchev–Trinajstić information content (AvgIpc) is 3.18. The van der Waals surface area contributed by atoms with Crippen molar-refractivity contribution in [1.29, 1.82) is 0 Å². The Balaban J connectivity index is 1.84. The molecule has 0 aliphatic carbocycles. The minimum atomic E-state index is -3.52. The first-order chi connectivity index (χ1) is 11.0. The van der Waals surface area contributed by atoms with Crippen molar-refractivity contribution in [3.8, 4) is 5.75 Å². The molecule has 0 amide bonds. The minimum absolute atomic E-state index is 0.212. The van der Waals surface area contributed by atoms with Gasteiger partial charge >= 0.3 is 5.97 Å². The van der Waals surface area contributed by atoms with Gasteiger partial charge in [0.05, 0.1) is 4.90 Å². The van der Waals surface area contributed by atoms with Gasteiger partial charge in [-0.05, 0) is 38.0 Å². The molecule has 1 aliphatic rings. The summed E-state index contributed by atoms with van der Waals surface area (Å²) >= 11 is 1.15. The summed E-state index contributed by atoms with van der Waals surface area (Å²) in [7, 11) is -3.52. The van der Waals surface area contributed by atoms with Crippen LogP contribution in [0.4, 0.5) is 0 Å². The Labute approximate surface area is 139 Å². The van der Waals surface area contributed by atoms with Gasteiger partial charge in [0.1, 0.15) is 10.6 Å². The molecule has 1 aromatic heterocycles. The second-order valence-electron chi connectivity index (χ2n) is 5.34. The molecule has 0 spiro atoms. The van der Waals surface area contributed by atoms with Gasteiger partial charge < -0.3 is 4.74 Å². The van der Waals surface area contributed by atoms with Crippen LogP contribution >= 0.6 is 11.3 Å². The molecule has 0 saturated carbocycles. The average molecular weight is 351 g/mol. The predicted octanol–water partition coefficient (Wildman–Crippen LogP) is 3.06. The van der Waals surface area contributed by atoms with Crippen LogP contribution in [0.15, 0.2) is 41.3 Å². The zero-order chi connectivity index (χ0) is 16.4. The minimum Gasteiger partial charge on any atom is -0.422 e. The molecule has 2 aromatic rings. The third-order valence-corrected chi connectivity index (χ3v) is 6.89. The topological polar surface area (TPSA) is 63.7 Å². The molecule has 122 valence electrons. The van der Waals surface area contributed by atoms with E-state index in [9.17, 15) is 13.2 Å². The van der Waals surface area contributed by atoms with Crippen molar-refractivity contribution >= 4 is 27.3 Å². The molecular weight excluding hydrogens is 334 g/mol. The van der Waals surface area contributed by atoms with Crippen molar-refractivity contribution in [2.24, 2.45) is 0 Å². The smallest absolute Gasteiger partial charge is 0.353 e. The summed E-state index contributed by atoms with van der Waals surface area (Å²) in [5.74, 6) is -0.0975. The van der Waals surface area contributed by atoms with Crippen LogP contribution in [0, 0.1) is 6.92 Å². The van der Waals surface area contributed by atoms with Gasteiger partial charge in [-0.2, -0.15) is 4.31 Å². The molecule has 1 aliphatic heterocycles. The molecule has 3 rings (SSSR count). The first kappa shape index (κ1) is 16.2. The Morgan fingerprint density at radius 2 is 1.83 bits per heavy atom. The predicted molar refractivity (Wildman–Crippen MR) is 88.4 cm³/mol. The third kappa shape index (κ3) is 3.31. The molecule has 1 saturated heterocycles. The van der Waals surface area contributed by atoms with E-state index < -0.39 is 16.0 Å². The fraction of sp³-hybridized carbons (Fsp3) is 0.312. The van der Waals surface area contributed by atoms with Crippen molar-refractivity contribution in [3.05, 3.63) is 46.2 Å². The highest BCUT2D eigenvalue weighted by Gasteiger charge is 2.31. The highest BCUT2D eigenvalue weighted by atomic mass is 32.2. The van der Waals surface area contributed by atoms with Crippen LogP contribution < -0.4 is 4.74 Å². The Hall–Kier alpha value is -1.70.